The predicted molar refractivity (Wildman–Crippen MR) is 74.0 cm³/mol. The smallest absolute Gasteiger partial charge is 0.302 e. The number of hydrogen-bond donors (Lipinski definition) is 2. The number of hydrogen-bond acceptors (Lipinski definition) is 5. The zero-order chi connectivity index (χ0) is 13.9. The Morgan fingerprint density at radius 1 is 1.74 bits per heavy atom. The summed E-state index contributed by atoms with van der Waals surface area (Å²) in [6.45, 7) is 2.71. The standard InChI is InChI=1S/C12H19N5OS/c1-3-6-17-10(18)15-16-11(17)19-9-4-5-12(7-9,8-13)14-2/h9,14H,3-7H2,1-2H3,(H,15,18). The number of nitriles is 1. The number of nitrogens with one attached hydrogen (secondary N) is 2. The fraction of sp³-hybridized carbons (Fsp3) is 0.750. The lowest BCUT2D eigenvalue weighted by molar-refractivity contribution is 0.464. The van der Waals surface area contributed by atoms with Crippen LogP contribution in [0.25, 0.3) is 0 Å². The normalized spacial score (nSPS) is 26.5. The highest BCUT2D eigenvalue weighted by molar-refractivity contribution is 7.99. The molecule has 0 radical (unpaired) electrons. The lowest BCUT2D eigenvalue weighted by Crippen LogP contribution is -2.38. The molecule has 2 rings (SSSR count). The molecular formula is C12H19N5OS. The number of thioether (sulfide) groups is 1. The van der Waals surface area contributed by atoms with Gasteiger partial charge in [-0.2, -0.15) is 5.26 Å². The highest BCUT2D eigenvalue weighted by Crippen LogP contribution is 2.38. The summed E-state index contributed by atoms with van der Waals surface area (Å²) in [5, 5.41) is 20.0. The van der Waals surface area contributed by atoms with Gasteiger partial charge in [-0.25, -0.2) is 9.89 Å². The molecule has 2 N–H and O–H groups in total. The number of aromatic amines is 1. The van der Waals surface area contributed by atoms with Crippen molar-refractivity contribution >= 4 is 11.8 Å². The Hall–Kier alpha value is -1.26. The van der Waals surface area contributed by atoms with E-state index in [0.717, 1.165) is 30.8 Å². The molecule has 0 spiro atoms. The summed E-state index contributed by atoms with van der Waals surface area (Å²) < 4.78 is 1.68. The monoisotopic (exact) mass is 281 g/mol. The van der Waals surface area contributed by atoms with Crippen LogP contribution >= 0.6 is 11.8 Å². The summed E-state index contributed by atoms with van der Waals surface area (Å²) in [7, 11) is 1.83. The topological polar surface area (TPSA) is 86.5 Å². The van der Waals surface area contributed by atoms with Gasteiger partial charge in [0.05, 0.1) is 6.07 Å². The molecule has 6 nitrogen and oxygen atoms in total. The van der Waals surface area contributed by atoms with Crippen LogP contribution in [0.15, 0.2) is 9.95 Å². The van der Waals surface area contributed by atoms with E-state index in [-0.39, 0.29) is 5.69 Å². The van der Waals surface area contributed by atoms with Crippen molar-refractivity contribution in [3.8, 4) is 6.07 Å². The molecule has 0 amide bonds. The molecule has 1 aromatic heterocycles. The average molecular weight is 281 g/mol. The molecule has 0 aliphatic heterocycles. The minimum absolute atomic E-state index is 0.150. The largest absolute Gasteiger partial charge is 0.343 e. The molecule has 1 saturated carbocycles. The predicted octanol–water partition coefficient (Wildman–Crippen LogP) is 1.11. The Kier molecular flexibility index (Phi) is 4.32. The van der Waals surface area contributed by atoms with Crippen LogP contribution in [0.1, 0.15) is 32.6 Å². The van der Waals surface area contributed by atoms with Gasteiger partial charge >= 0.3 is 5.69 Å². The van der Waals surface area contributed by atoms with Crippen LogP contribution in [-0.2, 0) is 6.54 Å². The van der Waals surface area contributed by atoms with Crippen molar-refractivity contribution < 1.29 is 0 Å². The Bertz CT molecular complexity index is 531. The maximum Gasteiger partial charge on any atom is 0.343 e. The van der Waals surface area contributed by atoms with Crippen LogP contribution in [0.4, 0.5) is 0 Å². The fourth-order valence-electron chi connectivity index (χ4n) is 2.45. The van der Waals surface area contributed by atoms with E-state index < -0.39 is 5.54 Å². The van der Waals surface area contributed by atoms with Crippen molar-refractivity contribution in [2.24, 2.45) is 0 Å². The van der Waals surface area contributed by atoms with Crippen molar-refractivity contribution in [1.82, 2.24) is 20.1 Å². The number of rotatable bonds is 5. The molecule has 2 atom stereocenters. The zero-order valence-corrected chi connectivity index (χ0v) is 12.1. The van der Waals surface area contributed by atoms with Crippen molar-refractivity contribution in [3.05, 3.63) is 10.5 Å². The molecule has 2 unspecified atom stereocenters. The van der Waals surface area contributed by atoms with Crippen LogP contribution in [0.2, 0.25) is 0 Å². The van der Waals surface area contributed by atoms with E-state index in [1.54, 1.807) is 16.3 Å². The minimum Gasteiger partial charge on any atom is -0.302 e. The van der Waals surface area contributed by atoms with Crippen molar-refractivity contribution in [2.75, 3.05) is 7.05 Å². The summed E-state index contributed by atoms with van der Waals surface area (Å²) in [5.41, 5.74) is -0.563. The number of aromatic nitrogens is 3. The lowest BCUT2D eigenvalue weighted by Gasteiger charge is -2.19. The minimum atomic E-state index is -0.413. The third-order valence-electron chi connectivity index (χ3n) is 3.60. The number of H-pyrrole nitrogens is 1. The van der Waals surface area contributed by atoms with E-state index in [1.807, 2.05) is 14.0 Å². The summed E-state index contributed by atoms with van der Waals surface area (Å²) in [4.78, 5) is 11.6. The second kappa shape index (κ2) is 5.80. The van der Waals surface area contributed by atoms with E-state index >= 15 is 0 Å². The Morgan fingerprint density at radius 2 is 2.53 bits per heavy atom. The Morgan fingerprint density at radius 3 is 3.11 bits per heavy atom. The van der Waals surface area contributed by atoms with Gasteiger partial charge in [-0.1, -0.05) is 18.7 Å². The third kappa shape index (κ3) is 2.85. The van der Waals surface area contributed by atoms with Gasteiger partial charge < -0.3 is 5.32 Å². The van der Waals surface area contributed by atoms with Crippen molar-refractivity contribution in [1.29, 1.82) is 5.26 Å². The van der Waals surface area contributed by atoms with Crippen LogP contribution in [0, 0.1) is 11.3 Å². The average Bonchev–Trinajstić information content (AvgIpc) is 2.98. The molecule has 0 bridgehead atoms. The summed E-state index contributed by atoms with van der Waals surface area (Å²) in [5.74, 6) is 0. The molecule has 1 fully saturated rings. The van der Waals surface area contributed by atoms with Gasteiger partial charge in [0.15, 0.2) is 5.16 Å². The first kappa shape index (κ1) is 14.2. The van der Waals surface area contributed by atoms with Gasteiger partial charge in [0.25, 0.3) is 0 Å². The Balaban J connectivity index is 2.08. The van der Waals surface area contributed by atoms with Gasteiger partial charge in [0.2, 0.25) is 0 Å². The first-order valence-electron chi connectivity index (χ1n) is 6.56. The molecule has 19 heavy (non-hydrogen) atoms. The molecule has 104 valence electrons. The SMILES string of the molecule is CCCn1c(SC2CCC(C#N)(NC)C2)n[nH]c1=O. The van der Waals surface area contributed by atoms with Crippen LogP contribution in [0.5, 0.6) is 0 Å². The van der Waals surface area contributed by atoms with E-state index in [9.17, 15) is 10.1 Å². The van der Waals surface area contributed by atoms with E-state index in [2.05, 4.69) is 21.6 Å². The van der Waals surface area contributed by atoms with Gasteiger partial charge in [0.1, 0.15) is 5.54 Å². The van der Waals surface area contributed by atoms with E-state index in [0.29, 0.717) is 11.8 Å². The van der Waals surface area contributed by atoms with Crippen LogP contribution in [-0.4, -0.2) is 32.6 Å². The van der Waals surface area contributed by atoms with E-state index in [4.69, 9.17) is 0 Å². The zero-order valence-electron chi connectivity index (χ0n) is 11.3. The van der Waals surface area contributed by atoms with Gasteiger partial charge in [-0.3, -0.25) is 4.57 Å². The maximum atomic E-state index is 11.6. The summed E-state index contributed by atoms with van der Waals surface area (Å²) >= 11 is 1.60. The highest BCUT2D eigenvalue weighted by Gasteiger charge is 2.39. The molecule has 1 heterocycles. The molecule has 1 aromatic rings. The van der Waals surface area contributed by atoms with Crippen LogP contribution in [0.3, 0.4) is 0 Å². The van der Waals surface area contributed by atoms with Gasteiger partial charge in [-0.15, -0.1) is 5.10 Å². The van der Waals surface area contributed by atoms with Gasteiger partial charge in [0, 0.05) is 11.8 Å². The summed E-state index contributed by atoms with van der Waals surface area (Å²) in [6, 6.07) is 2.37. The van der Waals surface area contributed by atoms with E-state index in [1.165, 1.54) is 0 Å². The first-order chi connectivity index (χ1) is 9.14. The van der Waals surface area contributed by atoms with Crippen molar-refractivity contribution in [3.63, 3.8) is 0 Å². The highest BCUT2D eigenvalue weighted by atomic mass is 32.2. The fourth-order valence-corrected chi connectivity index (χ4v) is 3.75. The third-order valence-corrected chi connectivity index (χ3v) is 4.86. The van der Waals surface area contributed by atoms with Crippen LogP contribution < -0.4 is 11.0 Å². The maximum absolute atomic E-state index is 11.6. The molecule has 7 heteroatoms. The molecular weight excluding hydrogens is 262 g/mol. The van der Waals surface area contributed by atoms with Gasteiger partial charge in [-0.05, 0) is 32.7 Å². The second-order valence-corrected chi connectivity index (χ2v) is 6.16. The number of nitrogens with zero attached hydrogens (tertiary/aromatic N) is 3. The quantitative estimate of drug-likeness (QED) is 0.844. The Labute approximate surface area is 116 Å². The molecule has 1 aliphatic rings. The first-order valence-corrected chi connectivity index (χ1v) is 7.44. The second-order valence-electron chi connectivity index (χ2n) is 4.89. The van der Waals surface area contributed by atoms with Crippen molar-refractivity contribution in [2.45, 2.75) is 55.1 Å². The summed E-state index contributed by atoms with van der Waals surface area (Å²) in [6.07, 6.45) is 3.50. The molecule has 0 saturated heterocycles. The lowest BCUT2D eigenvalue weighted by atomic mass is 10.0. The molecule has 1 aliphatic carbocycles. The molecule has 0 aromatic carbocycles.